The third kappa shape index (κ3) is 3.59. The Morgan fingerprint density at radius 3 is 2.21 bits per heavy atom. The molecule has 0 unspecified atom stereocenters. The molecule has 0 aromatic heterocycles. The molecule has 0 atom stereocenters. The van der Waals surface area contributed by atoms with E-state index < -0.39 is 22.5 Å². The van der Waals surface area contributed by atoms with Gasteiger partial charge < -0.3 is 15.2 Å². The molecule has 146 valence electrons. The molecule has 3 rings (SSSR count). The maximum atomic E-state index is 13.4. The number of ether oxygens (including phenoxy) is 2. The Kier molecular flexibility index (Phi) is 5.41. The summed E-state index contributed by atoms with van der Waals surface area (Å²) in [5.41, 5.74) is 6.88. The van der Waals surface area contributed by atoms with Gasteiger partial charge >= 0.3 is 5.97 Å². The van der Waals surface area contributed by atoms with Crippen molar-refractivity contribution in [3.05, 3.63) is 60.7 Å². The zero-order chi connectivity index (χ0) is 20.3. The molecule has 0 aliphatic carbocycles. The van der Waals surface area contributed by atoms with Crippen LogP contribution >= 0.6 is 0 Å². The summed E-state index contributed by atoms with van der Waals surface area (Å²) in [6, 6.07) is 16.3. The number of anilines is 2. The second-order valence-electron chi connectivity index (χ2n) is 5.98. The van der Waals surface area contributed by atoms with Crippen molar-refractivity contribution in [1.29, 1.82) is 0 Å². The monoisotopic (exact) mass is 400 g/mol. The van der Waals surface area contributed by atoms with E-state index in [-0.39, 0.29) is 4.90 Å². The van der Waals surface area contributed by atoms with E-state index in [0.717, 1.165) is 4.31 Å². The zero-order valence-corrected chi connectivity index (χ0v) is 16.3. The Morgan fingerprint density at radius 1 is 0.964 bits per heavy atom. The number of fused-ring (bicyclic) bond motifs is 1. The number of sulfonamides is 1. The minimum absolute atomic E-state index is 0.0260. The highest BCUT2D eigenvalue weighted by molar-refractivity contribution is 7.92. The van der Waals surface area contributed by atoms with Crippen molar-refractivity contribution in [1.82, 2.24) is 0 Å². The van der Waals surface area contributed by atoms with Crippen LogP contribution in [0.15, 0.2) is 65.6 Å². The van der Waals surface area contributed by atoms with Crippen LogP contribution < -0.4 is 14.8 Å². The number of hydrogen-bond acceptors (Lipinski definition) is 6. The lowest BCUT2D eigenvalue weighted by Gasteiger charge is -2.25. The first kappa shape index (κ1) is 19.5. The number of hydrogen-bond donors (Lipinski definition) is 1. The van der Waals surface area contributed by atoms with Crippen molar-refractivity contribution < 1.29 is 22.7 Å². The SMILES string of the molecule is COC(=O)CN(c1ccc(N)c2ccccc12)S(=O)(=O)c1ccc(OC)cc1. The smallest absolute Gasteiger partial charge is 0.326 e. The van der Waals surface area contributed by atoms with Crippen LogP contribution in [0.2, 0.25) is 0 Å². The number of nitrogens with zero attached hydrogens (tertiary/aromatic N) is 1. The molecule has 0 fully saturated rings. The van der Waals surface area contributed by atoms with E-state index in [2.05, 4.69) is 0 Å². The van der Waals surface area contributed by atoms with Crippen LogP contribution in [-0.4, -0.2) is 35.2 Å². The van der Waals surface area contributed by atoms with Crippen molar-refractivity contribution in [3.63, 3.8) is 0 Å². The molecular formula is C20H20N2O5S. The Labute approximate surface area is 163 Å². The van der Waals surface area contributed by atoms with Gasteiger partial charge in [0.2, 0.25) is 0 Å². The number of esters is 1. The summed E-state index contributed by atoms with van der Waals surface area (Å²) < 4.78 is 37.5. The minimum Gasteiger partial charge on any atom is -0.497 e. The van der Waals surface area contributed by atoms with Gasteiger partial charge in [-0.2, -0.15) is 0 Å². The number of nitrogen functional groups attached to an aromatic ring is 1. The first-order valence-electron chi connectivity index (χ1n) is 8.39. The summed E-state index contributed by atoms with van der Waals surface area (Å²) in [5.74, 6) is -0.158. The predicted octanol–water partition coefficient (Wildman–Crippen LogP) is 2.80. The van der Waals surface area contributed by atoms with E-state index in [0.29, 0.717) is 27.9 Å². The van der Waals surface area contributed by atoms with Gasteiger partial charge in [0.05, 0.1) is 24.8 Å². The van der Waals surface area contributed by atoms with E-state index in [4.69, 9.17) is 15.2 Å². The number of benzene rings is 3. The highest BCUT2D eigenvalue weighted by Gasteiger charge is 2.29. The molecule has 0 aliphatic rings. The Morgan fingerprint density at radius 2 is 1.61 bits per heavy atom. The fraction of sp³-hybridized carbons (Fsp3) is 0.150. The van der Waals surface area contributed by atoms with Gasteiger partial charge in [-0.15, -0.1) is 0 Å². The molecule has 0 radical (unpaired) electrons. The molecule has 0 spiro atoms. The molecule has 0 heterocycles. The van der Waals surface area contributed by atoms with Crippen LogP contribution in [0, 0.1) is 0 Å². The highest BCUT2D eigenvalue weighted by Crippen LogP contribution is 2.34. The number of rotatable bonds is 6. The molecule has 8 heteroatoms. The summed E-state index contributed by atoms with van der Waals surface area (Å²) in [6.07, 6.45) is 0. The van der Waals surface area contributed by atoms with Crippen LogP contribution in [0.4, 0.5) is 11.4 Å². The lowest BCUT2D eigenvalue weighted by Crippen LogP contribution is -2.36. The van der Waals surface area contributed by atoms with Gasteiger partial charge in [-0.3, -0.25) is 9.10 Å². The topological polar surface area (TPSA) is 98.9 Å². The second-order valence-corrected chi connectivity index (χ2v) is 7.85. The summed E-state index contributed by atoms with van der Waals surface area (Å²) >= 11 is 0. The molecule has 0 bridgehead atoms. The molecule has 0 saturated heterocycles. The van der Waals surface area contributed by atoms with E-state index >= 15 is 0 Å². The summed E-state index contributed by atoms with van der Waals surface area (Å²) in [6.45, 7) is -0.473. The van der Waals surface area contributed by atoms with Gasteiger partial charge in [0.15, 0.2) is 0 Å². The average Bonchev–Trinajstić information content (AvgIpc) is 2.72. The lowest BCUT2D eigenvalue weighted by molar-refractivity contribution is -0.138. The largest absolute Gasteiger partial charge is 0.497 e. The average molecular weight is 400 g/mol. The molecule has 0 aliphatic heterocycles. The van der Waals surface area contributed by atoms with Crippen LogP contribution in [0.5, 0.6) is 5.75 Å². The molecule has 2 N–H and O–H groups in total. The normalized spacial score (nSPS) is 11.2. The molecular weight excluding hydrogens is 380 g/mol. The molecule has 3 aromatic carbocycles. The summed E-state index contributed by atoms with van der Waals surface area (Å²) in [7, 11) is -1.35. The summed E-state index contributed by atoms with van der Waals surface area (Å²) in [5, 5.41) is 1.31. The van der Waals surface area contributed by atoms with Crippen molar-refractivity contribution in [3.8, 4) is 5.75 Å². The maximum Gasteiger partial charge on any atom is 0.326 e. The number of carbonyl (C=O) groups excluding carboxylic acids is 1. The maximum absolute atomic E-state index is 13.4. The van der Waals surface area contributed by atoms with Gasteiger partial charge in [-0.1, -0.05) is 24.3 Å². The second kappa shape index (κ2) is 7.77. The van der Waals surface area contributed by atoms with Crippen LogP contribution in [0.25, 0.3) is 10.8 Å². The third-order valence-electron chi connectivity index (χ3n) is 4.35. The Bertz CT molecular complexity index is 1110. The van der Waals surface area contributed by atoms with E-state index in [1.165, 1.54) is 26.4 Å². The minimum atomic E-state index is -4.05. The molecule has 7 nitrogen and oxygen atoms in total. The van der Waals surface area contributed by atoms with Crippen LogP contribution in [-0.2, 0) is 19.6 Å². The Hall–Kier alpha value is -3.26. The van der Waals surface area contributed by atoms with Gasteiger partial charge in [0.1, 0.15) is 12.3 Å². The number of carbonyl (C=O) groups is 1. The van der Waals surface area contributed by atoms with Crippen molar-refractivity contribution in [2.24, 2.45) is 0 Å². The van der Waals surface area contributed by atoms with Crippen molar-refractivity contribution in [2.75, 3.05) is 30.8 Å². The Balaban J connectivity index is 2.19. The highest BCUT2D eigenvalue weighted by atomic mass is 32.2. The quantitative estimate of drug-likeness (QED) is 0.505. The lowest BCUT2D eigenvalue weighted by atomic mass is 10.1. The molecule has 28 heavy (non-hydrogen) atoms. The van der Waals surface area contributed by atoms with Gasteiger partial charge in [-0.05, 0) is 36.4 Å². The first-order valence-corrected chi connectivity index (χ1v) is 9.83. The molecule has 0 amide bonds. The van der Waals surface area contributed by atoms with E-state index in [1.54, 1.807) is 42.5 Å². The van der Waals surface area contributed by atoms with E-state index in [1.807, 2.05) is 6.07 Å². The number of methoxy groups -OCH3 is 2. The van der Waals surface area contributed by atoms with Gasteiger partial charge in [0, 0.05) is 16.5 Å². The van der Waals surface area contributed by atoms with Crippen LogP contribution in [0.3, 0.4) is 0 Å². The van der Waals surface area contributed by atoms with Gasteiger partial charge in [-0.25, -0.2) is 8.42 Å². The standard InChI is InChI=1S/C20H20N2O5S/c1-26-14-7-9-15(10-8-14)28(24,25)22(13-20(23)27-2)19-12-11-18(21)16-5-3-4-6-17(16)19/h3-12H,13,21H2,1-2H3. The molecule has 0 saturated carbocycles. The number of nitrogens with two attached hydrogens (primary N) is 1. The van der Waals surface area contributed by atoms with Gasteiger partial charge in [0.25, 0.3) is 10.0 Å². The molecule has 3 aromatic rings. The van der Waals surface area contributed by atoms with Crippen LogP contribution in [0.1, 0.15) is 0 Å². The zero-order valence-electron chi connectivity index (χ0n) is 15.5. The third-order valence-corrected chi connectivity index (χ3v) is 6.13. The fourth-order valence-corrected chi connectivity index (χ4v) is 4.31. The van der Waals surface area contributed by atoms with Crippen molar-refractivity contribution in [2.45, 2.75) is 4.90 Å². The van der Waals surface area contributed by atoms with E-state index in [9.17, 15) is 13.2 Å². The fourth-order valence-electron chi connectivity index (χ4n) is 2.88. The van der Waals surface area contributed by atoms with Crippen molar-refractivity contribution >= 4 is 38.1 Å². The summed E-state index contributed by atoms with van der Waals surface area (Å²) in [4.78, 5) is 12.0. The predicted molar refractivity (Wildman–Crippen MR) is 108 cm³/mol. The first-order chi connectivity index (χ1) is 13.4.